The lowest BCUT2D eigenvalue weighted by Crippen LogP contribution is -2.19. The number of aromatic hydroxyl groups is 1. The van der Waals surface area contributed by atoms with Crippen LogP contribution in [0.1, 0.15) is 72.9 Å². The van der Waals surface area contributed by atoms with Gasteiger partial charge in [-0.1, -0.05) is 35.9 Å². The van der Waals surface area contributed by atoms with Crippen LogP contribution >= 0.6 is 0 Å². The van der Waals surface area contributed by atoms with Crippen LogP contribution in [0.25, 0.3) is 0 Å². The summed E-state index contributed by atoms with van der Waals surface area (Å²) in [4.78, 5) is 11.9. The Morgan fingerprint density at radius 2 is 1.91 bits per heavy atom. The molecule has 3 nitrogen and oxygen atoms in total. The first-order valence-electron chi connectivity index (χ1n) is 8.38. The average Bonchev–Trinajstić information content (AvgIpc) is 3.30. The van der Waals surface area contributed by atoms with E-state index in [1.807, 2.05) is 19.1 Å². The second kappa shape index (κ2) is 5.88. The lowest BCUT2D eigenvalue weighted by atomic mass is 9.73. The van der Waals surface area contributed by atoms with Gasteiger partial charge in [0.2, 0.25) is 0 Å². The van der Waals surface area contributed by atoms with Crippen molar-refractivity contribution < 1.29 is 9.90 Å². The highest BCUT2D eigenvalue weighted by Crippen LogP contribution is 2.48. The highest BCUT2D eigenvalue weighted by molar-refractivity contribution is 5.98. The molecule has 0 bridgehead atoms. The van der Waals surface area contributed by atoms with Crippen LogP contribution in [0.2, 0.25) is 0 Å². The van der Waals surface area contributed by atoms with E-state index in [1.54, 1.807) is 0 Å². The van der Waals surface area contributed by atoms with Gasteiger partial charge in [0.1, 0.15) is 5.75 Å². The minimum Gasteiger partial charge on any atom is -0.507 e. The van der Waals surface area contributed by atoms with Gasteiger partial charge in [-0.15, -0.1) is 0 Å². The van der Waals surface area contributed by atoms with E-state index in [1.165, 1.54) is 5.57 Å². The number of benzene rings is 1. The molecule has 0 radical (unpaired) electrons. The maximum absolute atomic E-state index is 11.9. The standard InChI is InChI=1S/C20H25NO2/c1-11(2)14-7-4-12(3)10-17(14)16-9-8-15(13-5-6-13)18(19(16)22)20(21)23/h8-10,13-14,17,22H,1,4-7H2,2-3H3,(H2,21,23)/t14-,17+/m0/s1. The van der Waals surface area contributed by atoms with Crippen molar-refractivity contribution in [1.29, 1.82) is 0 Å². The summed E-state index contributed by atoms with van der Waals surface area (Å²) < 4.78 is 0. The number of rotatable bonds is 4. The highest BCUT2D eigenvalue weighted by atomic mass is 16.3. The quantitative estimate of drug-likeness (QED) is 0.810. The molecule has 0 unspecified atom stereocenters. The fourth-order valence-corrected chi connectivity index (χ4v) is 3.81. The van der Waals surface area contributed by atoms with E-state index in [9.17, 15) is 9.90 Å². The molecule has 0 saturated heterocycles. The fraction of sp³-hybridized carbons (Fsp3) is 0.450. The zero-order chi connectivity index (χ0) is 16.7. The van der Waals surface area contributed by atoms with E-state index in [2.05, 4.69) is 19.6 Å². The van der Waals surface area contributed by atoms with Gasteiger partial charge in [-0.3, -0.25) is 4.79 Å². The van der Waals surface area contributed by atoms with E-state index >= 15 is 0 Å². The highest BCUT2D eigenvalue weighted by Gasteiger charge is 2.33. The smallest absolute Gasteiger partial charge is 0.252 e. The van der Waals surface area contributed by atoms with Crippen molar-refractivity contribution in [2.24, 2.45) is 11.7 Å². The summed E-state index contributed by atoms with van der Waals surface area (Å²) in [6, 6.07) is 3.96. The minimum atomic E-state index is -0.533. The molecule has 3 heteroatoms. The van der Waals surface area contributed by atoms with Gasteiger partial charge in [-0.05, 0) is 56.9 Å². The molecular formula is C20H25NO2. The first-order chi connectivity index (χ1) is 10.9. The molecule has 1 fully saturated rings. The Hall–Kier alpha value is -2.03. The van der Waals surface area contributed by atoms with Crippen molar-refractivity contribution >= 4 is 5.91 Å². The summed E-state index contributed by atoms with van der Waals surface area (Å²) in [5.41, 5.74) is 10.0. The minimum absolute atomic E-state index is 0.0626. The Labute approximate surface area is 137 Å². The summed E-state index contributed by atoms with van der Waals surface area (Å²) in [6.07, 6.45) is 6.42. The molecule has 0 aromatic heterocycles. The van der Waals surface area contributed by atoms with E-state index in [0.29, 0.717) is 11.5 Å². The molecule has 1 amide bonds. The molecule has 2 aliphatic rings. The largest absolute Gasteiger partial charge is 0.507 e. The van der Waals surface area contributed by atoms with Gasteiger partial charge in [0.05, 0.1) is 5.56 Å². The summed E-state index contributed by atoms with van der Waals surface area (Å²) in [6.45, 7) is 8.28. The van der Waals surface area contributed by atoms with Crippen molar-refractivity contribution in [1.82, 2.24) is 0 Å². The van der Waals surface area contributed by atoms with Crippen LogP contribution in [-0.2, 0) is 0 Å². The zero-order valence-corrected chi connectivity index (χ0v) is 13.9. The van der Waals surface area contributed by atoms with Crippen LogP contribution in [0.3, 0.4) is 0 Å². The maximum atomic E-state index is 11.9. The van der Waals surface area contributed by atoms with Crippen LogP contribution in [0.5, 0.6) is 5.75 Å². The molecule has 2 aliphatic carbocycles. The molecule has 0 aliphatic heterocycles. The van der Waals surface area contributed by atoms with E-state index in [0.717, 1.165) is 42.4 Å². The summed E-state index contributed by atoms with van der Waals surface area (Å²) >= 11 is 0. The molecule has 1 saturated carbocycles. The van der Waals surface area contributed by atoms with Crippen molar-refractivity contribution in [2.75, 3.05) is 0 Å². The van der Waals surface area contributed by atoms with Crippen LogP contribution < -0.4 is 5.73 Å². The van der Waals surface area contributed by atoms with Crippen LogP contribution in [0, 0.1) is 5.92 Å². The molecular weight excluding hydrogens is 286 g/mol. The number of hydrogen-bond acceptors (Lipinski definition) is 2. The monoisotopic (exact) mass is 311 g/mol. The third-order valence-corrected chi connectivity index (χ3v) is 5.24. The number of nitrogens with two attached hydrogens (primary N) is 1. The van der Waals surface area contributed by atoms with Crippen molar-refractivity contribution in [2.45, 2.75) is 51.4 Å². The molecule has 1 aromatic rings. The summed E-state index contributed by atoms with van der Waals surface area (Å²) in [7, 11) is 0. The fourth-order valence-electron chi connectivity index (χ4n) is 3.81. The van der Waals surface area contributed by atoms with Crippen molar-refractivity contribution in [3.63, 3.8) is 0 Å². The lowest BCUT2D eigenvalue weighted by molar-refractivity contribution is 0.0996. The Morgan fingerprint density at radius 3 is 2.48 bits per heavy atom. The number of carbonyl (C=O) groups is 1. The number of carbonyl (C=O) groups excluding carboxylic acids is 1. The third kappa shape index (κ3) is 2.92. The predicted molar refractivity (Wildman–Crippen MR) is 92.6 cm³/mol. The van der Waals surface area contributed by atoms with Crippen molar-refractivity contribution in [3.8, 4) is 5.75 Å². The van der Waals surface area contributed by atoms with Crippen molar-refractivity contribution in [3.05, 3.63) is 52.6 Å². The maximum Gasteiger partial charge on any atom is 0.252 e. The molecule has 0 heterocycles. The third-order valence-electron chi connectivity index (χ3n) is 5.24. The second-order valence-electron chi connectivity index (χ2n) is 7.14. The van der Waals surface area contributed by atoms with E-state index in [4.69, 9.17) is 5.73 Å². The normalized spacial score (nSPS) is 24.2. The number of primary amides is 1. The van der Waals surface area contributed by atoms with Crippen LogP contribution in [0.15, 0.2) is 35.9 Å². The molecule has 2 atom stereocenters. The van der Waals surface area contributed by atoms with Gasteiger partial charge in [0.25, 0.3) is 5.91 Å². The molecule has 3 rings (SSSR count). The SMILES string of the molecule is C=C(C)[C@@H]1CCC(C)=C[C@H]1c1ccc(C2CC2)c(C(N)=O)c1O. The first-order valence-corrected chi connectivity index (χ1v) is 8.38. The molecule has 3 N–H and O–H groups in total. The number of phenols is 1. The van der Waals surface area contributed by atoms with Gasteiger partial charge < -0.3 is 10.8 Å². The number of amides is 1. The molecule has 0 spiro atoms. The molecule has 122 valence electrons. The predicted octanol–water partition coefficient (Wildman–Crippen LogP) is 4.38. The summed E-state index contributed by atoms with van der Waals surface area (Å²) in [5, 5.41) is 10.8. The summed E-state index contributed by atoms with van der Waals surface area (Å²) in [5.74, 6) is 0.265. The zero-order valence-electron chi connectivity index (χ0n) is 13.9. The molecule has 23 heavy (non-hydrogen) atoms. The molecule has 1 aromatic carbocycles. The number of allylic oxidation sites excluding steroid dienone is 3. The first kappa shape index (κ1) is 15.9. The Balaban J connectivity index is 2.11. The Kier molecular flexibility index (Phi) is 4.05. The lowest BCUT2D eigenvalue weighted by Gasteiger charge is -2.31. The Morgan fingerprint density at radius 1 is 1.26 bits per heavy atom. The van der Waals surface area contributed by atoms with Crippen LogP contribution in [0.4, 0.5) is 0 Å². The second-order valence-corrected chi connectivity index (χ2v) is 7.14. The van der Waals surface area contributed by atoms with Gasteiger partial charge in [0, 0.05) is 11.5 Å². The average molecular weight is 311 g/mol. The topological polar surface area (TPSA) is 63.3 Å². The Bertz CT molecular complexity index is 698. The van der Waals surface area contributed by atoms with E-state index < -0.39 is 5.91 Å². The van der Waals surface area contributed by atoms with Gasteiger partial charge in [-0.25, -0.2) is 0 Å². The van der Waals surface area contributed by atoms with Gasteiger partial charge >= 0.3 is 0 Å². The van der Waals surface area contributed by atoms with E-state index in [-0.39, 0.29) is 17.6 Å². The van der Waals surface area contributed by atoms with Gasteiger partial charge in [-0.2, -0.15) is 0 Å². The van der Waals surface area contributed by atoms with Crippen LogP contribution in [-0.4, -0.2) is 11.0 Å². The van der Waals surface area contributed by atoms with Gasteiger partial charge in [0.15, 0.2) is 0 Å². The number of hydrogen-bond donors (Lipinski definition) is 2.